The van der Waals surface area contributed by atoms with Crippen LogP contribution in [0, 0.1) is 0 Å². The van der Waals surface area contributed by atoms with E-state index in [1.165, 1.54) is 6.07 Å². The highest BCUT2D eigenvalue weighted by molar-refractivity contribution is 5.94. The van der Waals surface area contributed by atoms with Crippen LogP contribution in [0.4, 0.5) is 48.3 Å². The van der Waals surface area contributed by atoms with Gasteiger partial charge in [0.25, 0.3) is 0 Å². The number of hydrogen-bond donors (Lipinski definition) is 0. The number of alkyl halides is 11. The zero-order chi connectivity index (χ0) is 24.0. The minimum atomic E-state index is -7.49. The molecule has 1 unspecified atom stereocenters. The van der Waals surface area contributed by atoms with Gasteiger partial charge in [-0.05, 0) is 25.5 Å². The number of Topliss-reactive ketones (excluding diaryl/α,β-unsaturated/α-hetero) is 1. The molecule has 0 aliphatic carbocycles. The molecule has 2 nitrogen and oxygen atoms in total. The van der Waals surface area contributed by atoms with Gasteiger partial charge in [-0.2, -0.15) is 48.3 Å². The third-order valence-corrected chi connectivity index (χ3v) is 4.49. The minimum absolute atomic E-state index is 0.111. The van der Waals surface area contributed by atoms with Crippen LogP contribution in [-0.2, 0) is 10.3 Å². The van der Waals surface area contributed by atoms with Gasteiger partial charge in [-0.1, -0.05) is 18.2 Å². The monoisotopic (exact) mass is 460 g/mol. The molecule has 0 aliphatic rings. The summed E-state index contributed by atoms with van der Waals surface area (Å²) in [5.41, 5.74) is -3.08. The molecule has 0 N–H and O–H groups in total. The summed E-state index contributed by atoms with van der Waals surface area (Å²) in [6.07, 6.45) is -9.63. The Kier molecular flexibility index (Phi) is 6.66. The Labute approximate surface area is 163 Å². The van der Waals surface area contributed by atoms with Crippen LogP contribution in [0.3, 0.4) is 0 Å². The molecule has 0 amide bonds. The van der Waals surface area contributed by atoms with Crippen LogP contribution in [0.5, 0.6) is 0 Å². The number of ether oxygens (including phenoxy) is 1. The summed E-state index contributed by atoms with van der Waals surface area (Å²) >= 11 is 0. The predicted octanol–water partition coefficient (Wildman–Crippen LogP) is 6.24. The molecule has 0 saturated carbocycles. The normalized spacial score (nSPS) is 16.3. The van der Waals surface area contributed by atoms with Crippen molar-refractivity contribution in [3.8, 4) is 0 Å². The molecular weight excluding hydrogens is 445 g/mol. The van der Waals surface area contributed by atoms with E-state index in [0.717, 1.165) is 25.1 Å². The molecule has 172 valence electrons. The zero-order valence-electron chi connectivity index (χ0n) is 15.5. The molecule has 0 heterocycles. The van der Waals surface area contributed by atoms with Gasteiger partial charge >= 0.3 is 29.9 Å². The third kappa shape index (κ3) is 4.12. The van der Waals surface area contributed by atoms with Gasteiger partial charge in [0, 0.05) is 12.7 Å². The molecule has 1 aromatic rings. The van der Waals surface area contributed by atoms with Crippen LogP contribution in [0.1, 0.15) is 36.2 Å². The van der Waals surface area contributed by atoms with E-state index < -0.39 is 53.2 Å². The van der Waals surface area contributed by atoms with Crippen LogP contribution < -0.4 is 0 Å². The lowest BCUT2D eigenvalue weighted by atomic mass is 9.84. The quantitative estimate of drug-likeness (QED) is 0.339. The molecule has 0 aliphatic heterocycles. The number of ketones is 1. The van der Waals surface area contributed by atoms with Crippen molar-refractivity contribution in [3.05, 3.63) is 35.4 Å². The SMILES string of the molecule is COC(C)(CC(F)(F)C(F)(F)C(F)(F)C(F)(F)C(F)(F)F)c1cccc(C(C)=O)c1. The average Bonchev–Trinajstić information content (AvgIpc) is 2.59. The highest BCUT2D eigenvalue weighted by Gasteiger charge is 2.87. The number of hydrogen-bond acceptors (Lipinski definition) is 2. The average molecular weight is 460 g/mol. The molecule has 0 fully saturated rings. The Bertz CT molecular complexity index is 786. The van der Waals surface area contributed by atoms with Gasteiger partial charge < -0.3 is 4.74 Å². The molecule has 0 radical (unpaired) electrons. The van der Waals surface area contributed by atoms with Crippen LogP contribution in [0.25, 0.3) is 0 Å². The summed E-state index contributed by atoms with van der Waals surface area (Å²) in [4.78, 5) is 11.4. The number of benzene rings is 1. The van der Waals surface area contributed by atoms with Gasteiger partial charge in [0.2, 0.25) is 0 Å². The lowest BCUT2D eigenvalue weighted by molar-refractivity contribution is -0.424. The van der Waals surface area contributed by atoms with E-state index >= 15 is 0 Å². The smallest absolute Gasteiger partial charge is 0.374 e. The van der Waals surface area contributed by atoms with E-state index in [2.05, 4.69) is 4.74 Å². The van der Waals surface area contributed by atoms with E-state index in [1.54, 1.807) is 0 Å². The summed E-state index contributed by atoms with van der Waals surface area (Å²) < 4.78 is 150. The van der Waals surface area contributed by atoms with E-state index in [9.17, 15) is 53.1 Å². The van der Waals surface area contributed by atoms with Crippen LogP contribution in [-0.4, -0.2) is 42.8 Å². The second kappa shape index (κ2) is 7.65. The number of halogens is 11. The fraction of sp³-hybridized carbons (Fsp3) is 0.588. The lowest BCUT2D eigenvalue weighted by Gasteiger charge is -2.40. The number of methoxy groups -OCH3 is 1. The summed E-state index contributed by atoms with van der Waals surface area (Å²) in [6, 6.07) is 4.22. The van der Waals surface area contributed by atoms with E-state index in [0.29, 0.717) is 14.0 Å². The van der Waals surface area contributed by atoms with Gasteiger partial charge in [-0.15, -0.1) is 0 Å². The Balaban J connectivity index is 3.47. The molecule has 13 heteroatoms. The van der Waals surface area contributed by atoms with Crippen molar-refractivity contribution in [3.63, 3.8) is 0 Å². The maximum Gasteiger partial charge on any atom is 0.460 e. The fourth-order valence-corrected chi connectivity index (χ4v) is 2.50. The number of carbonyl (C=O) groups excluding carboxylic acids is 1. The minimum Gasteiger partial charge on any atom is -0.374 e. The Hall–Kier alpha value is -1.92. The van der Waals surface area contributed by atoms with Crippen molar-refractivity contribution in [1.82, 2.24) is 0 Å². The maximum absolute atomic E-state index is 14.2. The van der Waals surface area contributed by atoms with Crippen molar-refractivity contribution >= 4 is 5.78 Å². The largest absolute Gasteiger partial charge is 0.460 e. The summed E-state index contributed by atoms with van der Waals surface area (Å²) in [7, 11) is 0.692. The van der Waals surface area contributed by atoms with Crippen molar-refractivity contribution in [2.75, 3.05) is 7.11 Å². The van der Waals surface area contributed by atoms with Gasteiger partial charge in [0.1, 0.15) is 0 Å². The molecule has 1 atom stereocenters. The Morgan fingerprint density at radius 2 is 1.37 bits per heavy atom. The first-order valence-electron chi connectivity index (χ1n) is 7.92. The van der Waals surface area contributed by atoms with Crippen LogP contribution in [0.2, 0.25) is 0 Å². The van der Waals surface area contributed by atoms with Crippen molar-refractivity contribution in [2.24, 2.45) is 0 Å². The molecule has 0 spiro atoms. The lowest BCUT2D eigenvalue weighted by Crippen LogP contribution is -2.67. The zero-order valence-corrected chi connectivity index (χ0v) is 15.5. The fourth-order valence-electron chi connectivity index (χ4n) is 2.50. The van der Waals surface area contributed by atoms with Gasteiger partial charge in [-0.25, -0.2) is 0 Å². The number of rotatable bonds is 8. The highest BCUT2D eigenvalue weighted by atomic mass is 19.4. The summed E-state index contributed by atoms with van der Waals surface area (Å²) in [5, 5.41) is 0. The number of carbonyl (C=O) groups is 1. The van der Waals surface area contributed by atoms with E-state index in [-0.39, 0.29) is 5.56 Å². The topological polar surface area (TPSA) is 26.3 Å². The van der Waals surface area contributed by atoms with Crippen LogP contribution >= 0.6 is 0 Å². The van der Waals surface area contributed by atoms with E-state index in [1.807, 2.05) is 0 Å². The van der Waals surface area contributed by atoms with Crippen LogP contribution in [0.15, 0.2) is 24.3 Å². The predicted molar refractivity (Wildman–Crippen MR) is 81.3 cm³/mol. The van der Waals surface area contributed by atoms with Crippen molar-refractivity contribution < 1.29 is 57.8 Å². The molecule has 30 heavy (non-hydrogen) atoms. The molecular formula is C17H15F11O2. The van der Waals surface area contributed by atoms with Crippen molar-refractivity contribution in [1.29, 1.82) is 0 Å². The van der Waals surface area contributed by atoms with Gasteiger partial charge in [0.15, 0.2) is 5.78 Å². The molecule has 0 saturated heterocycles. The molecule has 0 bridgehead atoms. The Morgan fingerprint density at radius 1 is 0.867 bits per heavy atom. The second-order valence-corrected chi connectivity index (χ2v) is 6.67. The molecule has 1 rings (SSSR count). The standard InChI is InChI=1S/C17H15F11O2/c1-9(29)10-5-4-6-11(7-10)12(2,30-3)8-13(18,19)14(20,21)15(22,23)16(24,25)17(26,27)28/h4-7H,8H2,1-3H3. The molecule has 0 aromatic heterocycles. The first-order chi connectivity index (χ1) is 13.2. The first kappa shape index (κ1) is 26.1. The second-order valence-electron chi connectivity index (χ2n) is 6.67. The first-order valence-corrected chi connectivity index (χ1v) is 7.92. The summed E-state index contributed by atoms with van der Waals surface area (Å²) in [5.74, 6) is -28.8. The van der Waals surface area contributed by atoms with E-state index in [4.69, 9.17) is 0 Å². The maximum atomic E-state index is 14.2. The molecule has 1 aromatic carbocycles. The van der Waals surface area contributed by atoms with Gasteiger partial charge in [0.05, 0.1) is 12.0 Å². The van der Waals surface area contributed by atoms with Crippen molar-refractivity contribution in [2.45, 2.75) is 55.7 Å². The third-order valence-electron chi connectivity index (χ3n) is 4.49. The Morgan fingerprint density at radius 3 is 1.77 bits per heavy atom. The highest BCUT2D eigenvalue weighted by Crippen LogP contribution is 2.59. The summed E-state index contributed by atoms with van der Waals surface area (Å²) in [6.45, 7) is 1.75. The van der Waals surface area contributed by atoms with Gasteiger partial charge in [-0.3, -0.25) is 4.79 Å².